The highest BCUT2D eigenvalue weighted by molar-refractivity contribution is 5.94. The van der Waals surface area contributed by atoms with Crippen LogP contribution < -0.4 is 5.32 Å². The van der Waals surface area contributed by atoms with Crippen LogP contribution in [0.5, 0.6) is 0 Å². The number of hydrogen-bond donors (Lipinski definition) is 1. The fourth-order valence-corrected chi connectivity index (χ4v) is 3.25. The van der Waals surface area contributed by atoms with E-state index in [1.165, 1.54) is 5.56 Å². The van der Waals surface area contributed by atoms with Crippen LogP contribution >= 0.6 is 0 Å². The Bertz CT molecular complexity index is 1050. The van der Waals surface area contributed by atoms with Crippen molar-refractivity contribution in [1.29, 1.82) is 0 Å². The molecule has 4 rings (SSSR count). The van der Waals surface area contributed by atoms with E-state index in [0.717, 1.165) is 18.5 Å². The van der Waals surface area contributed by atoms with Gasteiger partial charge in [0.1, 0.15) is 11.4 Å². The van der Waals surface area contributed by atoms with Crippen molar-refractivity contribution in [2.24, 2.45) is 0 Å². The molecule has 0 fully saturated rings. The van der Waals surface area contributed by atoms with E-state index in [1.54, 1.807) is 17.0 Å². The monoisotopic (exact) mass is 385 g/mol. The first kappa shape index (κ1) is 18.7. The number of furan rings is 1. The number of benzene rings is 2. The van der Waals surface area contributed by atoms with E-state index < -0.39 is 0 Å². The van der Waals surface area contributed by atoms with Gasteiger partial charge < -0.3 is 9.73 Å². The van der Waals surface area contributed by atoms with Crippen LogP contribution in [0.4, 0.5) is 0 Å². The minimum absolute atomic E-state index is 0.0360. The molecule has 0 spiro atoms. The first-order valence-corrected chi connectivity index (χ1v) is 9.75. The summed E-state index contributed by atoms with van der Waals surface area (Å²) in [4.78, 5) is 13.0. The Labute approximate surface area is 170 Å². The van der Waals surface area contributed by atoms with E-state index >= 15 is 0 Å². The number of hydrogen-bond acceptors (Lipinski definition) is 3. The lowest BCUT2D eigenvalue weighted by molar-refractivity contribution is 0.0930. The topological polar surface area (TPSA) is 60.1 Å². The molecule has 5 nitrogen and oxygen atoms in total. The fraction of sp³-hybridized carbons (Fsp3) is 0.167. The zero-order valence-corrected chi connectivity index (χ0v) is 16.3. The smallest absolute Gasteiger partial charge is 0.270 e. The van der Waals surface area contributed by atoms with Crippen LogP contribution in [0.1, 0.15) is 29.4 Å². The minimum atomic E-state index is -0.153. The normalized spacial score (nSPS) is 11.9. The molecule has 0 aliphatic carbocycles. The second kappa shape index (κ2) is 8.61. The van der Waals surface area contributed by atoms with Crippen LogP contribution in [0.25, 0.3) is 17.1 Å². The number of para-hydroxylation sites is 1. The lowest BCUT2D eigenvalue weighted by atomic mass is 10.1. The van der Waals surface area contributed by atoms with Crippen molar-refractivity contribution in [3.8, 4) is 17.1 Å². The number of carbonyl (C=O) groups is 1. The Balaban J connectivity index is 1.53. The van der Waals surface area contributed by atoms with Gasteiger partial charge in [-0.3, -0.25) is 4.79 Å². The quantitative estimate of drug-likeness (QED) is 0.493. The highest BCUT2D eigenvalue weighted by atomic mass is 16.3. The van der Waals surface area contributed by atoms with Crippen LogP contribution in [0.15, 0.2) is 89.5 Å². The number of aromatic nitrogens is 2. The maximum Gasteiger partial charge on any atom is 0.270 e. The molecule has 146 valence electrons. The van der Waals surface area contributed by atoms with Gasteiger partial charge in [-0.2, -0.15) is 5.10 Å². The van der Waals surface area contributed by atoms with Gasteiger partial charge in [-0.25, -0.2) is 4.68 Å². The lowest BCUT2D eigenvalue weighted by Gasteiger charge is -2.14. The molecule has 0 radical (unpaired) electrons. The first-order valence-electron chi connectivity index (χ1n) is 9.75. The summed E-state index contributed by atoms with van der Waals surface area (Å²) in [5.41, 5.74) is 3.20. The summed E-state index contributed by atoms with van der Waals surface area (Å²) in [6, 6.07) is 25.4. The largest absolute Gasteiger partial charge is 0.463 e. The first-order chi connectivity index (χ1) is 14.2. The summed E-state index contributed by atoms with van der Waals surface area (Å²) >= 11 is 0. The summed E-state index contributed by atoms with van der Waals surface area (Å²) in [5, 5.41) is 7.71. The van der Waals surface area contributed by atoms with E-state index in [4.69, 9.17) is 4.42 Å². The Kier molecular flexibility index (Phi) is 5.56. The molecule has 1 amide bonds. The molecule has 0 unspecified atom stereocenters. The van der Waals surface area contributed by atoms with Gasteiger partial charge >= 0.3 is 0 Å². The molecule has 4 aromatic rings. The van der Waals surface area contributed by atoms with Crippen molar-refractivity contribution in [3.63, 3.8) is 0 Å². The molecular weight excluding hydrogens is 362 g/mol. The van der Waals surface area contributed by atoms with Gasteiger partial charge in [0.15, 0.2) is 5.76 Å². The van der Waals surface area contributed by atoms with Crippen molar-refractivity contribution in [2.75, 3.05) is 0 Å². The zero-order chi connectivity index (χ0) is 20.1. The van der Waals surface area contributed by atoms with Crippen molar-refractivity contribution >= 4 is 5.91 Å². The third-order valence-electron chi connectivity index (χ3n) is 4.80. The SMILES string of the molecule is C[C@@H](CCc1ccccc1)NC(=O)c1cc(-c2ccco2)nn1-c1ccccc1. The molecule has 0 saturated heterocycles. The van der Waals surface area contributed by atoms with Crippen molar-refractivity contribution < 1.29 is 9.21 Å². The number of nitrogens with one attached hydrogen (secondary N) is 1. The van der Waals surface area contributed by atoms with Gasteiger partial charge in [0.25, 0.3) is 5.91 Å². The third-order valence-corrected chi connectivity index (χ3v) is 4.80. The van der Waals surface area contributed by atoms with Crippen molar-refractivity contribution in [1.82, 2.24) is 15.1 Å². The second-order valence-corrected chi connectivity index (χ2v) is 7.04. The molecule has 2 aromatic carbocycles. The third kappa shape index (κ3) is 4.46. The molecule has 0 aliphatic heterocycles. The Morgan fingerprint density at radius 1 is 1.03 bits per heavy atom. The number of nitrogens with zero attached hydrogens (tertiary/aromatic N) is 2. The maximum absolute atomic E-state index is 13.0. The molecule has 0 saturated carbocycles. The van der Waals surface area contributed by atoms with Crippen LogP contribution in [-0.2, 0) is 6.42 Å². The number of carbonyl (C=O) groups excluding carboxylic acids is 1. The summed E-state index contributed by atoms with van der Waals surface area (Å²) in [7, 11) is 0. The van der Waals surface area contributed by atoms with E-state index in [1.807, 2.05) is 67.6 Å². The standard InChI is InChI=1S/C24H23N3O2/c1-18(14-15-19-9-4-2-5-10-19)25-24(28)22-17-21(23-13-8-16-29-23)26-27(22)20-11-6-3-7-12-20/h2-13,16-18H,14-15H2,1H3,(H,25,28)/t18-/m0/s1. The van der Waals surface area contributed by atoms with E-state index in [0.29, 0.717) is 17.1 Å². The fourth-order valence-electron chi connectivity index (χ4n) is 3.25. The van der Waals surface area contributed by atoms with Crippen molar-refractivity contribution in [3.05, 3.63) is 96.4 Å². The summed E-state index contributed by atoms with van der Waals surface area (Å²) in [6.45, 7) is 2.03. The molecule has 1 atom stereocenters. The lowest BCUT2D eigenvalue weighted by Crippen LogP contribution is -2.34. The predicted octanol–water partition coefficient (Wildman–Crippen LogP) is 4.88. The molecule has 0 bridgehead atoms. The summed E-state index contributed by atoms with van der Waals surface area (Å²) in [6.07, 6.45) is 3.38. The Morgan fingerprint density at radius 2 is 1.76 bits per heavy atom. The molecule has 5 heteroatoms. The Morgan fingerprint density at radius 3 is 2.45 bits per heavy atom. The van der Waals surface area contributed by atoms with Gasteiger partial charge in [-0.1, -0.05) is 48.5 Å². The van der Waals surface area contributed by atoms with E-state index in [2.05, 4.69) is 22.5 Å². The van der Waals surface area contributed by atoms with Crippen molar-refractivity contribution in [2.45, 2.75) is 25.8 Å². The van der Waals surface area contributed by atoms with Gasteiger partial charge in [0, 0.05) is 12.1 Å². The average Bonchev–Trinajstić information content (AvgIpc) is 3.43. The number of rotatable bonds is 7. The van der Waals surface area contributed by atoms with Gasteiger partial charge in [0.05, 0.1) is 12.0 Å². The van der Waals surface area contributed by atoms with Crippen LogP contribution in [0.2, 0.25) is 0 Å². The summed E-state index contributed by atoms with van der Waals surface area (Å²) < 4.78 is 7.13. The Hall–Kier alpha value is -3.60. The average molecular weight is 385 g/mol. The van der Waals surface area contributed by atoms with Crippen LogP contribution in [0, 0.1) is 0 Å². The van der Waals surface area contributed by atoms with Gasteiger partial charge in [-0.15, -0.1) is 0 Å². The zero-order valence-electron chi connectivity index (χ0n) is 16.3. The van der Waals surface area contributed by atoms with Crippen LogP contribution in [0.3, 0.4) is 0 Å². The molecular formula is C24H23N3O2. The molecule has 2 heterocycles. The maximum atomic E-state index is 13.0. The molecule has 1 N–H and O–H groups in total. The second-order valence-electron chi connectivity index (χ2n) is 7.04. The van der Waals surface area contributed by atoms with Gasteiger partial charge in [0.2, 0.25) is 0 Å². The predicted molar refractivity (Wildman–Crippen MR) is 113 cm³/mol. The van der Waals surface area contributed by atoms with Crippen LogP contribution in [-0.4, -0.2) is 21.7 Å². The minimum Gasteiger partial charge on any atom is -0.463 e. The van der Waals surface area contributed by atoms with E-state index in [9.17, 15) is 4.79 Å². The van der Waals surface area contributed by atoms with E-state index in [-0.39, 0.29) is 11.9 Å². The number of aryl methyl sites for hydroxylation is 1. The number of amides is 1. The highest BCUT2D eigenvalue weighted by Gasteiger charge is 2.20. The van der Waals surface area contributed by atoms with Gasteiger partial charge in [-0.05, 0) is 49.6 Å². The highest BCUT2D eigenvalue weighted by Crippen LogP contribution is 2.22. The molecule has 0 aliphatic rings. The molecule has 2 aromatic heterocycles. The molecule has 29 heavy (non-hydrogen) atoms. The summed E-state index contributed by atoms with van der Waals surface area (Å²) in [5.74, 6) is 0.477.